The number of carboxylic acids is 1. The van der Waals surface area contributed by atoms with E-state index in [9.17, 15) is 9.18 Å². The first-order chi connectivity index (χ1) is 9.93. The van der Waals surface area contributed by atoms with Crippen LogP contribution in [-0.2, 0) is 0 Å². The van der Waals surface area contributed by atoms with Crippen molar-refractivity contribution in [2.24, 2.45) is 0 Å². The van der Waals surface area contributed by atoms with E-state index in [1.54, 1.807) is 0 Å². The van der Waals surface area contributed by atoms with Gasteiger partial charge in [0.15, 0.2) is 0 Å². The molecule has 0 aliphatic carbocycles. The van der Waals surface area contributed by atoms with Crippen molar-refractivity contribution in [1.82, 2.24) is 4.90 Å². The molecule has 1 saturated heterocycles. The van der Waals surface area contributed by atoms with Gasteiger partial charge in [0.2, 0.25) is 0 Å². The van der Waals surface area contributed by atoms with Crippen molar-refractivity contribution in [2.45, 2.75) is 25.8 Å². The number of benzene rings is 1. The van der Waals surface area contributed by atoms with Gasteiger partial charge >= 0.3 is 5.97 Å². The predicted molar refractivity (Wildman–Crippen MR) is 81.3 cm³/mol. The zero-order valence-electron chi connectivity index (χ0n) is 12.5. The maximum absolute atomic E-state index is 14.0. The summed E-state index contributed by atoms with van der Waals surface area (Å²) in [7, 11) is 2.07. The van der Waals surface area contributed by atoms with Crippen LogP contribution in [0.5, 0.6) is 0 Å². The number of hydrogen-bond acceptors (Lipinski definition) is 4. The Morgan fingerprint density at radius 2 is 2.19 bits per heavy atom. The first kappa shape index (κ1) is 15.6. The van der Waals surface area contributed by atoms with Crippen molar-refractivity contribution in [2.75, 3.05) is 37.3 Å². The average molecular weight is 295 g/mol. The number of halogens is 1. The quantitative estimate of drug-likeness (QED) is 0.835. The molecule has 0 bridgehead atoms. The normalized spacial score (nSPS) is 20.3. The molecule has 1 unspecified atom stereocenters. The molecule has 1 atom stereocenters. The average Bonchev–Trinajstić information content (AvgIpc) is 2.61. The highest BCUT2D eigenvalue weighted by atomic mass is 19.1. The first-order valence-electron chi connectivity index (χ1n) is 7.21. The fourth-order valence-electron chi connectivity index (χ4n) is 2.90. The van der Waals surface area contributed by atoms with Gasteiger partial charge in [0, 0.05) is 25.2 Å². The highest BCUT2D eigenvalue weighted by Crippen LogP contribution is 2.30. The van der Waals surface area contributed by atoms with Crippen molar-refractivity contribution in [3.63, 3.8) is 0 Å². The van der Waals surface area contributed by atoms with Gasteiger partial charge in [0.1, 0.15) is 5.82 Å². The second-order valence-electron chi connectivity index (χ2n) is 5.57. The van der Waals surface area contributed by atoms with Crippen LogP contribution in [0, 0.1) is 5.82 Å². The fourth-order valence-corrected chi connectivity index (χ4v) is 2.90. The van der Waals surface area contributed by atoms with Gasteiger partial charge < -0.3 is 20.6 Å². The lowest BCUT2D eigenvalue weighted by Gasteiger charge is -2.33. The van der Waals surface area contributed by atoms with Crippen LogP contribution in [0.4, 0.5) is 15.8 Å². The molecule has 1 aliphatic heterocycles. The van der Waals surface area contributed by atoms with Gasteiger partial charge in [-0.25, -0.2) is 9.18 Å². The summed E-state index contributed by atoms with van der Waals surface area (Å²) in [6.45, 7) is 4.76. The molecular formula is C15H22FN3O2. The molecule has 116 valence electrons. The minimum atomic E-state index is -1.30. The molecule has 1 fully saturated rings. The Bertz CT molecular complexity index is 536. The summed E-state index contributed by atoms with van der Waals surface area (Å²) in [6, 6.07) is 2.72. The summed E-state index contributed by atoms with van der Waals surface area (Å²) in [5, 5.41) is 8.95. The van der Waals surface area contributed by atoms with E-state index in [4.69, 9.17) is 10.8 Å². The molecule has 0 spiro atoms. The standard InChI is InChI=1S/C15H22FN3O2/c1-3-10-9-18(2)5-4-6-19(10)14-8-12(16)11(15(20)21)7-13(14)17/h7-8,10H,3-6,9,17H2,1-2H3,(H,20,21). The van der Waals surface area contributed by atoms with Crippen LogP contribution in [0.1, 0.15) is 30.1 Å². The van der Waals surface area contributed by atoms with Gasteiger partial charge in [-0.05, 0) is 32.5 Å². The van der Waals surface area contributed by atoms with Crippen molar-refractivity contribution in [1.29, 1.82) is 0 Å². The Kier molecular flexibility index (Phi) is 4.67. The summed E-state index contributed by atoms with van der Waals surface area (Å²) in [5.74, 6) is -2.03. The van der Waals surface area contributed by atoms with Gasteiger partial charge in [-0.2, -0.15) is 0 Å². The number of nitrogen functional groups attached to an aromatic ring is 1. The Balaban J connectivity index is 2.39. The van der Waals surface area contributed by atoms with Gasteiger partial charge in [-0.1, -0.05) is 6.92 Å². The molecule has 6 heteroatoms. The van der Waals surface area contributed by atoms with E-state index < -0.39 is 11.8 Å². The lowest BCUT2D eigenvalue weighted by atomic mass is 10.1. The van der Waals surface area contributed by atoms with E-state index in [0.717, 1.165) is 32.5 Å². The maximum Gasteiger partial charge on any atom is 0.338 e. The number of hydrogen-bond donors (Lipinski definition) is 2. The highest BCUT2D eigenvalue weighted by molar-refractivity contribution is 5.91. The van der Waals surface area contributed by atoms with E-state index in [-0.39, 0.29) is 11.6 Å². The monoisotopic (exact) mass is 295 g/mol. The third-order valence-electron chi connectivity index (χ3n) is 4.03. The lowest BCUT2D eigenvalue weighted by molar-refractivity contribution is 0.0692. The molecule has 1 aliphatic rings. The molecule has 0 amide bonds. The predicted octanol–water partition coefficient (Wildman–Crippen LogP) is 2.03. The maximum atomic E-state index is 14.0. The van der Waals surface area contributed by atoms with Crippen LogP contribution < -0.4 is 10.6 Å². The Morgan fingerprint density at radius 1 is 1.48 bits per heavy atom. The number of anilines is 2. The van der Waals surface area contributed by atoms with Crippen LogP contribution in [0.3, 0.4) is 0 Å². The van der Waals surface area contributed by atoms with Gasteiger partial charge in [-0.3, -0.25) is 0 Å². The van der Waals surface area contributed by atoms with E-state index >= 15 is 0 Å². The van der Waals surface area contributed by atoms with E-state index in [0.29, 0.717) is 11.4 Å². The third-order valence-corrected chi connectivity index (χ3v) is 4.03. The molecular weight excluding hydrogens is 273 g/mol. The van der Waals surface area contributed by atoms with Crippen LogP contribution in [0.2, 0.25) is 0 Å². The van der Waals surface area contributed by atoms with Crippen LogP contribution in [0.15, 0.2) is 12.1 Å². The first-order valence-corrected chi connectivity index (χ1v) is 7.21. The molecule has 3 N–H and O–H groups in total. The number of aromatic carboxylic acids is 1. The van der Waals surface area contributed by atoms with Crippen LogP contribution in [0.25, 0.3) is 0 Å². The van der Waals surface area contributed by atoms with Crippen LogP contribution in [-0.4, -0.2) is 48.7 Å². The molecule has 0 saturated carbocycles. The third kappa shape index (κ3) is 3.26. The van der Waals surface area contributed by atoms with Crippen LogP contribution >= 0.6 is 0 Å². The summed E-state index contributed by atoms with van der Waals surface area (Å²) >= 11 is 0. The largest absolute Gasteiger partial charge is 0.478 e. The molecule has 2 rings (SSSR count). The Labute approximate surface area is 124 Å². The summed E-state index contributed by atoms with van der Waals surface area (Å²) < 4.78 is 14.0. The number of carboxylic acid groups (broad SMARTS) is 1. The zero-order valence-corrected chi connectivity index (χ0v) is 12.5. The molecule has 1 aromatic rings. The molecule has 0 aromatic heterocycles. The SMILES string of the molecule is CCC1CN(C)CCCN1c1cc(F)c(C(=O)O)cc1N. The Morgan fingerprint density at radius 3 is 2.81 bits per heavy atom. The van der Waals surface area contributed by atoms with E-state index in [1.165, 1.54) is 12.1 Å². The highest BCUT2D eigenvalue weighted by Gasteiger charge is 2.25. The summed E-state index contributed by atoms with van der Waals surface area (Å²) in [5.41, 5.74) is 6.51. The summed E-state index contributed by atoms with van der Waals surface area (Å²) in [6.07, 6.45) is 1.89. The number of likely N-dealkylation sites (N-methyl/N-ethyl adjacent to an activating group) is 1. The van der Waals surface area contributed by atoms with Gasteiger partial charge in [0.25, 0.3) is 0 Å². The molecule has 5 nitrogen and oxygen atoms in total. The zero-order chi connectivity index (χ0) is 15.6. The molecule has 21 heavy (non-hydrogen) atoms. The number of nitrogens with zero attached hydrogens (tertiary/aromatic N) is 2. The van der Waals surface area contributed by atoms with Gasteiger partial charge in [0.05, 0.1) is 16.9 Å². The lowest BCUT2D eigenvalue weighted by Crippen LogP contribution is -2.40. The molecule has 0 radical (unpaired) electrons. The number of nitrogens with two attached hydrogens (primary N) is 1. The van der Waals surface area contributed by atoms with Crippen molar-refractivity contribution >= 4 is 17.3 Å². The van der Waals surface area contributed by atoms with E-state index in [2.05, 4.69) is 23.8 Å². The van der Waals surface area contributed by atoms with Crippen molar-refractivity contribution in [3.8, 4) is 0 Å². The number of rotatable bonds is 3. The minimum Gasteiger partial charge on any atom is -0.478 e. The van der Waals surface area contributed by atoms with Crippen molar-refractivity contribution in [3.05, 3.63) is 23.5 Å². The Hall–Kier alpha value is -1.82. The molecule has 1 aromatic carbocycles. The second kappa shape index (κ2) is 6.30. The molecule has 1 heterocycles. The fraction of sp³-hybridized carbons (Fsp3) is 0.533. The van der Waals surface area contributed by atoms with Crippen molar-refractivity contribution < 1.29 is 14.3 Å². The second-order valence-corrected chi connectivity index (χ2v) is 5.57. The van der Waals surface area contributed by atoms with E-state index in [1.807, 2.05) is 0 Å². The number of carbonyl (C=O) groups is 1. The minimum absolute atomic E-state index is 0.245. The van der Waals surface area contributed by atoms with Gasteiger partial charge in [-0.15, -0.1) is 0 Å². The smallest absolute Gasteiger partial charge is 0.338 e. The summed E-state index contributed by atoms with van der Waals surface area (Å²) in [4.78, 5) is 15.3. The topological polar surface area (TPSA) is 69.8 Å².